The smallest absolute Gasteiger partial charge is 0.0715 e. The molecule has 0 aromatic carbocycles. The fourth-order valence-corrected chi connectivity index (χ4v) is 1.71. The van der Waals surface area contributed by atoms with E-state index in [2.05, 4.69) is 15.9 Å². The first-order chi connectivity index (χ1) is 4.36. The highest BCUT2D eigenvalue weighted by Gasteiger charge is 2.22. The largest absolute Gasteiger partial charge is 0.373 e. The highest BCUT2D eigenvalue weighted by Crippen LogP contribution is 2.21. The van der Waals surface area contributed by atoms with Crippen molar-refractivity contribution in [1.82, 2.24) is 0 Å². The summed E-state index contributed by atoms with van der Waals surface area (Å²) >= 11 is 8.95. The van der Waals surface area contributed by atoms with Gasteiger partial charge in [-0.15, -0.1) is 11.6 Å². The van der Waals surface area contributed by atoms with E-state index in [1.54, 1.807) is 0 Å². The Morgan fingerprint density at radius 3 is 2.44 bits per heavy atom. The zero-order valence-electron chi connectivity index (χ0n) is 5.15. The molecule has 1 nitrogen and oxygen atoms in total. The van der Waals surface area contributed by atoms with Crippen LogP contribution in [0.1, 0.15) is 12.8 Å². The molecule has 1 aliphatic heterocycles. The number of hydrogen-bond donors (Lipinski definition) is 0. The molecular formula is C6H10BrClO. The molecule has 1 aliphatic rings. The summed E-state index contributed by atoms with van der Waals surface area (Å²) in [6.07, 6.45) is 3.01. The lowest BCUT2D eigenvalue weighted by Gasteiger charge is -2.07. The Morgan fingerprint density at radius 2 is 2.11 bits per heavy atom. The van der Waals surface area contributed by atoms with Crippen molar-refractivity contribution >= 4 is 27.5 Å². The van der Waals surface area contributed by atoms with Crippen LogP contribution in [0.5, 0.6) is 0 Å². The molecule has 0 aromatic heterocycles. The van der Waals surface area contributed by atoms with Gasteiger partial charge in [-0.3, -0.25) is 0 Å². The van der Waals surface area contributed by atoms with E-state index in [1.807, 2.05) is 0 Å². The minimum absolute atomic E-state index is 0.314. The summed E-state index contributed by atoms with van der Waals surface area (Å²) < 4.78 is 5.48. The quantitative estimate of drug-likeness (QED) is 0.639. The van der Waals surface area contributed by atoms with Crippen LogP contribution in [0, 0.1) is 0 Å². The SMILES string of the molecule is ClCC1CC[C@H](CBr)O1. The summed E-state index contributed by atoms with van der Waals surface area (Å²) in [5, 5.41) is 0.945. The Morgan fingerprint density at radius 1 is 1.44 bits per heavy atom. The van der Waals surface area contributed by atoms with Gasteiger partial charge in [-0.1, -0.05) is 15.9 Å². The van der Waals surface area contributed by atoms with Crippen LogP contribution >= 0.6 is 27.5 Å². The summed E-state index contributed by atoms with van der Waals surface area (Å²) in [7, 11) is 0. The van der Waals surface area contributed by atoms with E-state index in [1.165, 1.54) is 0 Å². The third-order valence-corrected chi connectivity index (χ3v) is 2.61. The van der Waals surface area contributed by atoms with Gasteiger partial charge in [0.2, 0.25) is 0 Å². The lowest BCUT2D eigenvalue weighted by atomic mass is 10.2. The van der Waals surface area contributed by atoms with E-state index in [4.69, 9.17) is 16.3 Å². The summed E-state index contributed by atoms with van der Waals surface area (Å²) in [5.74, 6) is 0.642. The zero-order chi connectivity index (χ0) is 6.69. The molecule has 1 saturated heterocycles. The first kappa shape index (κ1) is 7.83. The Bertz CT molecular complexity index is 79.1. The Kier molecular flexibility index (Phi) is 3.30. The first-order valence-electron chi connectivity index (χ1n) is 3.14. The molecule has 0 N–H and O–H groups in total. The van der Waals surface area contributed by atoms with Crippen LogP contribution in [0.3, 0.4) is 0 Å². The molecule has 54 valence electrons. The van der Waals surface area contributed by atoms with Crippen LogP contribution < -0.4 is 0 Å². The van der Waals surface area contributed by atoms with E-state index in [-0.39, 0.29) is 0 Å². The highest BCUT2D eigenvalue weighted by molar-refractivity contribution is 9.09. The normalized spacial score (nSPS) is 35.3. The van der Waals surface area contributed by atoms with Crippen LogP contribution in [0.2, 0.25) is 0 Å². The number of alkyl halides is 2. The van der Waals surface area contributed by atoms with Gasteiger partial charge >= 0.3 is 0 Å². The van der Waals surface area contributed by atoms with Gasteiger partial charge < -0.3 is 4.74 Å². The number of hydrogen-bond acceptors (Lipinski definition) is 1. The van der Waals surface area contributed by atoms with Crippen molar-refractivity contribution in [3.05, 3.63) is 0 Å². The van der Waals surface area contributed by atoms with Crippen molar-refractivity contribution in [2.75, 3.05) is 11.2 Å². The molecule has 0 aliphatic carbocycles. The van der Waals surface area contributed by atoms with E-state index >= 15 is 0 Å². The number of ether oxygens (including phenoxy) is 1. The van der Waals surface area contributed by atoms with Crippen LogP contribution in [0.25, 0.3) is 0 Å². The maximum atomic E-state index is 5.59. The second kappa shape index (κ2) is 3.79. The predicted octanol–water partition coefficient (Wildman–Crippen LogP) is 2.17. The maximum Gasteiger partial charge on any atom is 0.0715 e. The molecule has 0 spiro atoms. The Labute approximate surface area is 68.8 Å². The molecule has 2 atom stereocenters. The maximum absolute atomic E-state index is 5.59. The third-order valence-electron chi connectivity index (χ3n) is 1.54. The van der Waals surface area contributed by atoms with Gasteiger partial charge in [0.15, 0.2) is 0 Å². The predicted molar refractivity (Wildman–Crippen MR) is 42.4 cm³/mol. The molecule has 0 amide bonds. The summed E-state index contributed by atoms with van der Waals surface area (Å²) in [5.41, 5.74) is 0. The van der Waals surface area contributed by atoms with Crippen LogP contribution in [-0.4, -0.2) is 23.4 Å². The number of halogens is 2. The van der Waals surface area contributed by atoms with Crippen molar-refractivity contribution in [3.63, 3.8) is 0 Å². The standard InChI is InChI=1S/C6H10BrClO/c7-3-5-1-2-6(4-8)9-5/h5-6H,1-4H2/t5-,6?/m1/s1. The third kappa shape index (κ3) is 2.10. The van der Waals surface area contributed by atoms with E-state index in [0.717, 1.165) is 18.2 Å². The molecule has 0 aromatic rings. The van der Waals surface area contributed by atoms with Gasteiger partial charge in [-0.05, 0) is 12.8 Å². The van der Waals surface area contributed by atoms with Crippen LogP contribution in [0.15, 0.2) is 0 Å². The van der Waals surface area contributed by atoms with Gasteiger partial charge in [0, 0.05) is 11.2 Å². The highest BCUT2D eigenvalue weighted by atomic mass is 79.9. The Balaban J connectivity index is 2.20. The second-order valence-corrected chi connectivity index (χ2v) is 3.22. The molecule has 9 heavy (non-hydrogen) atoms. The van der Waals surface area contributed by atoms with E-state index in [9.17, 15) is 0 Å². The van der Waals surface area contributed by atoms with Crippen molar-refractivity contribution in [2.45, 2.75) is 25.0 Å². The van der Waals surface area contributed by atoms with Crippen molar-refractivity contribution < 1.29 is 4.74 Å². The fourth-order valence-electron chi connectivity index (χ4n) is 1.01. The summed E-state index contributed by atoms with van der Waals surface area (Å²) in [4.78, 5) is 0. The fraction of sp³-hybridized carbons (Fsp3) is 1.00. The lowest BCUT2D eigenvalue weighted by Crippen LogP contribution is -2.12. The average molecular weight is 214 g/mol. The van der Waals surface area contributed by atoms with Crippen molar-refractivity contribution in [2.24, 2.45) is 0 Å². The van der Waals surface area contributed by atoms with Gasteiger partial charge in [0.05, 0.1) is 12.2 Å². The van der Waals surface area contributed by atoms with Crippen molar-refractivity contribution in [3.8, 4) is 0 Å². The average Bonchev–Trinajstić information content (AvgIpc) is 2.34. The second-order valence-electron chi connectivity index (χ2n) is 2.27. The van der Waals surface area contributed by atoms with Gasteiger partial charge in [0.25, 0.3) is 0 Å². The lowest BCUT2D eigenvalue weighted by molar-refractivity contribution is 0.0726. The number of rotatable bonds is 2. The summed E-state index contributed by atoms with van der Waals surface area (Å²) in [6, 6.07) is 0. The first-order valence-corrected chi connectivity index (χ1v) is 4.79. The molecule has 1 heterocycles. The summed E-state index contributed by atoms with van der Waals surface area (Å²) in [6.45, 7) is 0. The van der Waals surface area contributed by atoms with Crippen LogP contribution in [-0.2, 0) is 4.74 Å². The molecule has 3 heteroatoms. The molecular weight excluding hydrogens is 203 g/mol. The molecule has 1 fully saturated rings. The van der Waals surface area contributed by atoms with Crippen LogP contribution in [0.4, 0.5) is 0 Å². The molecule has 0 bridgehead atoms. The Hall–Kier alpha value is 0.730. The molecule has 0 saturated carbocycles. The monoisotopic (exact) mass is 212 g/mol. The van der Waals surface area contributed by atoms with E-state index in [0.29, 0.717) is 18.1 Å². The zero-order valence-corrected chi connectivity index (χ0v) is 7.49. The van der Waals surface area contributed by atoms with Gasteiger partial charge in [0.1, 0.15) is 0 Å². The van der Waals surface area contributed by atoms with Crippen molar-refractivity contribution in [1.29, 1.82) is 0 Å². The minimum Gasteiger partial charge on any atom is -0.373 e. The molecule has 1 unspecified atom stereocenters. The molecule has 0 radical (unpaired) electrons. The van der Waals surface area contributed by atoms with Gasteiger partial charge in [-0.25, -0.2) is 0 Å². The van der Waals surface area contributed by atoms with E-state index < -0.39 is 0 Å². The minimum atomic E-state index is 0.314. The molecule has 1 rings (SSSR count). The topological polar surface area (TPSA) is 9.23 Å². The van der Waals surface area contributed by atoms with Gasteiger partial charge in [-0.2, -0.15) is 0 Å².